The summed E-state index contributed by atoms with van der Waals surface area (Å²) in [6.45, 7) is 10.0. The first-order chi connectivity index (χ1) is 21.0. The Morgan fingerprint density at radius 1 is 0.860 bits per heavy atom. The molecule has 8 heteroatoms. The highest BCUT2D eigenvalue weighted by atomic mass is 16.2. The van der Waals surface area contributed by atoms with Gasteiger partial charge in [-0.2, -0.15) is 0 Å². The van der Waals surface area contributed by atoms with Crippen LogP contribution >= 0.6 is 0 Å². The summed E-state index contributed by atoms with van der Waals surface area (Å²) < 4.78 is 0. The highest BCUT2D eigenvalue weighted by molar-refractivity contribution is 5.90. The van der Waals surface area contributed by atoms with Gasteiger partial charge in [0.15, 0.2) is 0 Å². The number of fused-ring (bicyclic) bond motifs is 1. The van der Waals surface area contributed by atoms with Gasteiger partial charge in [-0.05, 0) is 48.1 Å². The van der Waals surface area contributed by atoms with Crippen molar-refractivity contribution in [2.75, 3.05) is 45.8 Å². The Morgan fingerprint density at radius 3 is 2.28 bits per heavy atom. The second-order valence-electron chi connectivity index (χ2n) is 11.3. The lowest BCUT2D eigenvalue weighted by molar-refractivity contribution is -0.142. The van der Waals surface area contributed by atoms with E-state index in [2.05, 4.69) is 40.2 Å². The second kappa shape index (κ2) is 15.5. The van der Waals surface area contributed by atoms with Crippen molar-refractivity contribution in [3.05, 3.63) is 83.9 Å². The van der Waals surface area contributed by atoms with Crippen molar-refractivity contribution in [1.82, 2.24) is 25.8 Å². The summed E-state index contributed by atoms with van der Waals surface area (Å²) in [6, 6.07) is 23.4. The average molecular weight is 586 g/mol. The van der Waals surface area contributed by atoms with Crippen molar-refractivity contribution in [2.45, 2.75) is 52.5 Å². The van der Waals surface area contributed by atoms with Gasteiger partial charge in [0.1, 0.15) is 6.04 Å². The highest BCUT2D eigenvalue weighted by Gasteiger charge is 2.44. The predicted octanol–water partition coefficient (Wildman–Crippen LogP) is 4.38. The van der Waals surface area contributed by atoms with Crippen LogP contribution in [0.3, 0.4) is 0 Å². The Hall–Kier alpha value is -3.91. The van der Waals surface area contributed by atoms with Gasteiger partial charge in [-0.15, -0.1) is 0 Å². The summed E-state index contributed by atoms with van der Waals surface area (Å²) in [5, 5.41) is 11.6. The van der Waals surface area contributed by atoms with Crippen molar-refractivity contribution >= 4 is 28.6 Å². The Morgan fingerprint density at radius 2 is 1.56 bits per heavy atom. The zero-order chi connectivity index (χ0) is 30.7. The third-order valence-electron chi connectivity index (χ3n) is 8.35. The van der Waals surface area contributed by atoms with Crippen molar-refractivity contribution in [3.8, 4) is 0 Å². The van der Waals surface area contributed by atoms with Crippen LogP contribution in [-0.4, -0.2) is 79.5 Å². The molecule has 8 nitrogen and oxygen atoms in total. The summed E-state index contributed by atoms with van der Waals surface area (Å²) in [7, 11) is 0. The molecule has 3 aromatic carbocycles. The minimum atomic E-state index is -0.736. The number of rotatable bonds is 8. The SMILES string of the molecule is CC.CCNC(=O)[C@]1(Cc2ccccc2)CCCN(C(=O)C(Cc2ccc3ccccc3c2)NC(=O)N2CCNCC2)C1. The molecule has 230 valence electrons. The van der Waals surface area contributed by atoms with E-state index in [1.165, 1.54) is 0 Å². The van der Waals surface area contributed by atoms with Gasteiger partial charge in [-0.1, -0.05) is 86.6 Å². The molecule has 2 fully saturated rings. The molecule has 5 rings (SSSR count). The summed E-state index contributed by atoms with van der Waals surface area (Å²) in [5.74, 6) is -0.152. The van der Waals surface area contributed by atoms with Gasteiger partial charge in [0.05, 0.1) is 5.41 Å². The first-order valence-electron chi connectivity index (χ1n) is 15.8. The number of nitrogens with zero attached hydrogens (tertiary/aromatic N) is 2. The number of hydrogen-bond donors (Lipinski definition) is 3. The lowest BCUT2D eigenvalue weighted by Crippen LogP contribution is -2.60. The van der Waals surface area contributed by atoms with E-state index in [1.54, 1.807) is 4.90 Å². The first-order valence-corrected chi connectivity index (χ1v) is 15.8. The van der Waals surface area contributed by atoms with Crippen LogP contribution in [0.2, 0.25) is 0 Å². The van der Waals surface area contributed by atoms with Crippen LogP contribution in [0.1, 0.15) is 44.7 Å². The molecule has 4 amide bonds. The summed E-state index contributed by atoms with van der Waals surface area (Å²) in [6.07, 6.45) is 2.38. The molecule has 2 aliphatic rings. The van der Waals surface area contributed by atoms with Gasteiger partial charge in [-0.3, -0.25) is 9.59 Å². The number of nitrogens with one attached hydrogen (secondary N) is 3. The van der Waals surface area contributed by atoms with Gasteiger partial charge in [-0.25, -0.2) is 4.79 Å². The van der Waals surface area contributed by atoms with E-state index in [1.807, 2.05) is 74.2 Å². The molecule has 0 saturated carbocycles. The molecule has 2 aliphatic heterocycles. The number of urea groups is 1. The van der Waals surface area contributed by atoms with E-state index in [0.29, 0.717) is 52.0 Å². The van der Waals surface area contributed by atoms with Crippen molar-refractivity contribution in [3.63, 3.8) is 0 Å². The van der Waals surface area contributed by atoms with E-state index in [9.17, 15) is 14.4 Å². The third-order valence-corrected chi connectivity index (χ3v) is 8.35. The number of carbonyl (C=O) groups excluding carboxylic acids is 3. The summed E-state index contributed by atoms with van der Waals surface area (Å²) in [5.41, 5.74) is 1.34. The maximum absolute atomic E-state index is 14.3. The minimum absolute atomic E-state index is 0.0164. The number of carbonyl (C=O) groups is 3. The molecule has 2 heterocycles. The van der Waals surface area contributed by atoms with Crippen LogP contribution < -0.4 is 16.0 Å². The highest BCUT2D eigenvalue weighted by Crippen LogP contribution is 2.35. The zero-order valence-corrected chi connectivity index (χ0v) is 25.9. The Bertz CT molecular complexity index is 1360. The molecule has 43 heavy (non-hydrogen) atoms. The minimum Gasteiger partial charge on any atom is -0.356 e. The van der Waals surface area contributed by atoms with Crippen LogP contribution in [0.25, 0.3) is 10.8 Å². The number of piperidine rings is 1. The normalized spacial score (nSPS) is 19.1. The number of benzene rings is 3. The van der Waals surface area contributed by atoms with Crippen molar-refractivity contribution in [2.24, 2.45) is 5.41 Å². The lowest BCUT2D eigenvalue weighted by Gasteiger charge is -2.43. The molecule has 3 aromatic rings. The first kappa shape index (κ1) is 32.0. The Labute approximate surface area is 256 Å². The van der Waals surface area contributed by atoms with Crippen LogP contribution in [0, 0.1) is 5.41 Å². The van der Waals surface area contributed by atoms with Gasteiger partial charge >= 0.3 is 6.03 Å². The Kier molecular flexibility index (Phi) is 11.6. The monoisotopic (exact) mass is 585 g/mol. The zero-order valence-electron chi connectivity index (χ0n) is 25.9. The number of amides is 4. The molecule has 0 spiro atoms. The second-order valence-corrected chi connectivity index (χ2v) is 11.3. The fraction of sp³-hybridized carbons (Fsp3) is 0.457. The lowest BCUT2D eigenvalue weighted by atomic mass is 9.74. The maximum Gasteiger partial charge on any atom is 0.318 e. The number of piperazine rings is 1. The Balaban J connectivity index is 0.00000207. The smallest absolute Gasteiger partial charge is 0.318 e. The molecular weight excluding hydrogens is 538 g/mol. The molecular formula is C35H47N5O3. The molecule has 3 N–H and O–H groups in total. The van der Waals surface area contributed by atoms with E-state index >= 15 is 0 Å². The van der Waals surface area contributed by atoms with E-state index in [0.717, 1.165) is 41.4 Å². The quantitative estimate of drug-likeness (QED) is 0.366. The predicted molar refractivity (Wildman–Crippen MR) is 173 cm³/mol. The van der Waals surface area contributed by atoms with Gasteiger partial charge in [0.2, 0.25) is 11.8 Å². The van der Waals surface area contributed by atoms with Crippen LogP contribution in [0.15, 0.2) is 72.8 Å². The van der Waals surface area contributed by atoms with Gasteiger partial charge < -0.3 is 25.8 Å². The summed E-state index contributed by atoms with van der Waals surface area (Å²) >= 11 is 0. The number of hydrogen-bond acceptors (Lipinski definition) is 4. The maximum atomic E-state index is 14.3. The molecule has 0 aromatic heterocycles. The molecule has 0 bridgehead atoms. The van der Waals surface area contributed by atoms with E-state index in [-0.39, 0.29) is 17.8 Å². The topological polar surface area (TPSA) is 93.8 Å². The molecule has 1 unspecified atom stereocenters. The van der Waals surface area contributed by atoms with Crippen LogP contribution in [0.5, 0.6) is 0 Å². The summed E-state index contributed by atoms with van der Waals surface area (Å²) in [4.78, 5) is 44.7. The van der Waals surface area contributed by atoms with Crippen molar-refractivity contribution < 1.29 is 14.4 Å². The molecule has 2 atom stereocenters. The van der Waals surface area contributed by atoms with Gasteiger partial charge in [0.25, 0.3) is 0 Å². The van der Waals surface area contributed by atoms with E-state index in [4.69, 9.17) is 0 Å². The number of likely N-dealkylation sites (tertiary alicyclic amines) is 1. The molecule has 2 saturated heterocycles. The fourth-order valence-corrected chi connectivity index (χ4v) is 6.19. The molecule has 0 aliphatic carbocycles. The third kappa shape index (κ3) is 8.14. The largest absolute Gasteiger partial charge is 0.356 e. The average Bonchev–Trinajstić information content (AvgIpc) is 3.06. The van der Waals surface area contributed by atoms with Crippen molar-refractivity contribution in [1.29, 1.82) is 0 Å². The van der Waals surface area contributed by atoms with E-state index < -0.39 is 11.5 Å². The molecule has 0 radical (unpaired) electrons. The van der Waals surface area contributed by atoms with Gasteiger partial charge in [0, 0.05) is 52.2 Å². The van der Waals surface area contributed by atoms with Crippen LogP contribution in [0.4, 0.5) is 4.79 Å². The van der Waals surface area contributed by atoms with Crippen LogP contribution in [-0.2, 0) is 22.4 Å². The standard InChI is InChI=1S/C33H41N5O3.C2H6/c1-2-35-31(40)33(23-25-9-4-3-5-10-25)15-8-18-38(24-33)30(39)29(36-32(41)37-19-16-34-17-20-37)22-26-13-14-27-11-6-7-12-28(27)21-26;1-2/h3-7,9-14,21,29,34H,2,8,15-20,22-24H2,1H3,(H,35,40)(H,36,41);1-2H3/t29?,33-;/m0./s1. The fourth-order valence-electron chi connectivity index (χ4n) is 6.19.